The second-order valence-electron chi connectivity index (χ2n) is 6.51. The maximum atomic E-state index is 12.3. The quantitative estimate of drug-likeness (QED) is 0.713. The highest BCUT2D eigenvalue weighted by Gasteiger charge is 2.47. The van der Waals surface area contributed by atoms with E-state index in [0.29, 0.717) is 29.4 Å². The third kappa shape index (κ3) is 5.08. The number of amides is 3. The van der Waals surface area contributed by atoms with E-state index in [2.05, 4.69) is 16.0 Å². The van der Waals surface area contributed by atoms with E-state index >= 15 is 0 Å². The standard InChI is InChI=1S/C20H20ClN3O3/c1-12(25)23-14-6-8-15(9-7-14)24-20(27)17-10-16(17)19(26)22-11-13-4-2-3-5-18(13)21/h2-9,16-17H,10-11H2,1H3,(H,22,26)(H,23,25)(H,24,27). The van der Waals surface area contributed by atoms with Gasteiger partial charge in [-0.15, -0.1) is 0 Å². The molecular formula is C20H20ClN3O3. The molecule has 3 rings (SSSR count). The van der Waals surface area contributed by atoms with Crippen LogP contribution in [0.3, 0.4) is 0 Å². The lowest BCUT2D eigenvalue weighted by atomic mass is 10.2. The van der Waals surface area contributed by atoms with Gasteiger partial charge in [0.05, 0.1) is 11.8 Å². The lowest BCUT2D eigenvalue weighted by Crippen LogP contribution is -2.27. The van der Waals surface area contributed by atoms with Gasteiger partial charge in [0.15, 0.2) is 0 Å². The fourth-order valence-electron chi connectivity index (χ4n) is 2.80. The highest BCUT2D eigenvalue weighted by atomic mass is 35.5. The molecular weight excluding hydrogens is 366 g/mol. The predicted octanol–water partition coefficient (Wildman–Crippen LogP) is 3.19. The van der Waals surface area contributed by atoms with Crippen LogP contribution in [0.4, 0.5) is 11.4 Å². The fraction of sp³-hybridized carbons (Fsp3) is 0.250. The molecule has 7 heteroatoms. The van der Waals surface area contributed by atoms with Gasteiger partial charge in [0.25, 0.3) is 0 Å². The summed E-state index contributed by atoms with van der Waals surface area (Å²) in [4.78, 5) is 35.5. The van der Waals surface area contributed by atoms with Crippen LogP contribution in [0.5, 0.6) is 0 Å². The van der Waals surface area contributed by atoms with Gasteiger partial charge in [-0.2, -0.15) is 0 Å². The van der Waals surface area contributed by atoms with Crippen LogP contribution in [0.15, 0.2) is 48.5 Å². The summed E-state index contributed by atoms with van der Waals surface area (Å²) in [6, 6.07) is 14.1. The van der Waals surface area contributed by atoms with Crippen LogP contribution in [-0.4, -0.2) is 17.7 Å². The van der Waals surface area contributed by atoms with Gasteiger partial charge in [0.2, 0.25) is 17.7 Å². The molecule has 2 aromatic carbocycles. The third-order valence-electron chi connectivity index (χ3n) is 4.35. The number of rotatable bonds is 6. The van der Waals surface area contributed by atoms with Crippen LogP contribution in [0.25, 0.3) is 0 Å². The fourth-order valence-corrected chi connectivity index (χ4v) is 3.01. The molecule has 3 N–H and O–H groups in total. The molecule has 0 heterocycles. The molecule has 0 radical (unpaired) electrons. The Morgan fingerprint density at radius 1 is 0.926 bits per heavy atom. The molecule has 2 unspecified atom stereocenters. The monoisotopic (exact) mass is 385 g/mol. The topological polar surface area (TPSA) is 87.3 Å². The van der Waals surface area contributed by atoms with Crippen molar-refractivity contribution in [3.8, 4) is 0 Å². The average Bonchev–Trinajstić information content (AvgIpc) is 3.43. The Morgan fingerprint density at radius 3 is 2.15 bits per heavy atom. The Morgan fingerprint density at radius 2 is 1.52 bits per heavy atom. The molecule has 1 aliphatic carbocycles. The summed E-state index contributed by atoms with van der Waals surface area (Å²) in [6.07, 6.45) is 0.532. The lowest BCUT2D eigenvalue weighted by molar-refractivity contribution is -0.125. The van der Waals surface area contributed by atoms with E-state index in [-0.39, 0.29) is 29.6 Å². The summed E-state index contributed by atoms with van der Waals surface area (Å²) >= 11 is 6.07. The molecule has 27 heavy (non-hydrogen) atoms. The Hall–Kier alpha value is -2.86. The maximum absolute atomic E-state index is 12.3. The zero-order valence-corrected chi connectivity index (χ0v) is 15.5. The molecule has 3 amide bonds. The molecule has 0 aliphatic heterocycles. The van der Waals surface area contributed by atoms with E-state index in [9.17, 15) is 14.4 Å². The van der Waals surface area contributed by atoms with Crippen LogP contribution in [0.1, 0.15) is 18.9 Å². The number of carbonyl (C=O) groups is 3. The van der Waals surface area contributed by atoms with E-state index in [1.54, 1.807) is 30.3 Å². The lowest BCUT2D eigenvalue weighted by Gasteiger charge is -2.08. The van der Waals surface area contributed by atoms with Crippen molar-refractivity contribution in [1.29, 1.82) is 0 Å². The smallest absolute Gasteiger partial charge is 0.228 e. The Bertz CT molecular complexity index is 867. The second-order valence-corrected chi connectivity index (χ2v) is 6.91. The van der Waals surface area contributed by atoms with Crippen LogP contribution >= 0.6 is 11.6 Å². The summed E-state index contributed by atoms with van der Waals surface area (Å²) in [5.41, 5.74) is 2.12. The van der Waals surface area contributed by atoms with Gasteiger partial charge in [-0.05, 0) is 42.3 Å². The minimum Gasteiger partial charge on any atom is -0.352 e. The van der Waals surface area contributed by atoms with Crippen molar-refractivity contribution in [2.75, 3.05) is 10.6 Å². The molecule has 6 nitrogen and oxygen atoms in total. The molecule has 0 spiro atoms. The summed E-state index contributed by atoms with van der Waals surface area (Å²) in [6.45, 7) is 1.77. The van der Waals surface area contributed by atoms with Crippen LogP contribution < -0.4 is 16.0 Å². The summed E-state index contributed by atoms with van der Waals surface area (Å²) in [5.74, 6) is -1.12. The van der Waals surface area contributed by atoms with Crippen LogP contribution in [-0.2, 0) is 20.9 Å². The summed E-state index contributed by atoms with van der Waals surface area (Å²) in [5, 5.41) is 8.89. The van der Waals surface area contributed by atoms with E-state index < -0.39 is 0 Å². The number of hydrogen-bond acceptors (Lipinski definition) is 3. The first-order chi connectivity index (χ1) is 12.9. The SMILES string of the molecule is CC(=O)Nc1ccc(NC(=O)C2CC2C(=O)NCc2ccccc2Cl)cc1. The Labute approximate surface area is 162 Å². The highest BCUT2D eigenvalue weighted by Crippen LogP contribution is 2.39. The van der Waals surface area contributed by atoms with Crippen molar-refractivity contribution in [1.82, 2.24) is 5.32 Å². The Balaban J connectivity index is 1.47. The average molecular weight is 386 g/mol. The number of hydrogen-bond donors (Lipinski definition) is 3. The number of halogens is 1. The zero-order chi connectivity index (χ0) is 19.4. The molecule has 2 atom stereocenters. The van der Waals surface area contributed by atoms with Gasteiger partial charge in [-0.3, -0.25) is 14.4 Å². The molecule has 1 saturated carbocycles. The van der Waals surface area contributed by atoms with Gasteiger partial charge in [-0.25, -0.2) is 0 Å². The van der Waals surface area contributed by atoms with Crippen molar-refractivity contribution in [3.63, 3.8) is 0 Å². The van der Waals surface area contributed by atoms with Gasteiger partial charge in [0, 0.05) is 29.9 Å². The van der Waals surface area contributed by atoms with Crippen LogP contribution in [0, 0.1) is 11.8 Å². The normalized spacial score (nSPS) is 17.7. The number of nitrogens with one attached hydrogen (secondary N) is 3. The predicted molar refractivity (Wildman–Crippen MR) is 104 cm³/mol. The molecule has 0 saturated heterocycles. The second kappa shape index (κ2) is 8.22. The van der Waals surface area contributed by atoms with Crippen molar-refractivity contribution < 1.29 is 14.4 Å². The number of anilines is 2. The largest absolute Gasteiger partial charge is 0.352 e. The van der Waals surface area contributed by atoms with E-state index in [4.69, 9.17) is 11.6 Å². The van der Waals surface area contributed by atoms with E-state index in [0.717, 1.165) is 5.56 Å². The first kappa shape index (κ1) is 18.9. The van der Waals surface area contributed by atoms with Crippen molar-refractivity contribution in [3.05, 3.63) is 59.1 Å². The van der Waals surface area contributed by atoms with Crippen LogP contribution in [0.2, 0.25) is 5.02 Å². The summed E-state index contributed by atoms with van der Waals surface area (Å²) < 4.78 is 0. The first-order valence-corrected chi connectivity index (χ1v) is 9.01. The zero-order valence-electron chi connectivity index (χ0n) is 14.8. The molecule has 0 aromatic heterocycles. The Kier molecular flexibility index (Phi) is 5.76. The first-order valence-electron chi connectivity index (χ1n) is 8.63. The van der Waals surface area contributed by atoms with Crippen molar-refractivity contribution in [2.24, 2.45) is 11.8 Å². The minimum atomic E-state index is -0.328. The molecule has 1 aliphatic rings. The van der Waals surface area contributed by atoms with Gasteiger partial charge in [-0.1, -0.05) is 29.8 Å². The van der Waals surface area contributed by atoms with Gasteiger partial charge < -0.3 is 16.0 Å². The van der Waals surface area contributed by atoms with Crippen molar-refractivity contribution in [2.45, 2.75) is 19.9 Å². The minimum absolute atomic E-state index is 0.143. The third-order valence-corrected chi connectivity index (χ3v) is 4.72. The summed E-state index contributed by atoms with van der Waals surface area (Å²) in [7, 11) is 0. The van der Waals surface area contributed by atoms with Crippen molar-refractivity contribution >= 4 is 40.7 Å². The molecule has 1 fully saturated rings. The van der Waals surface area contributed by atoms with Gasteiger partial charge in [0.1, 0.15) is 0 Å². The number of carbonyl (C=O) groups excluding carboxylic acids is 3. The molecule has 0 bridgehead atoms. The highest BCUT2D eigenvalue weighted by molar-refractivity contribution is 6.31. The maximum Gasteiger partial charge on any atom is 0.228 e. The molecule has 2 aromatic rings. The van der Waals surface area contributed by atoms with Gasteiger partial charge >= 0.3 is 0 Å². The number of benzene rings is 2. The molecule has 140 valence electrons. The van der Waals surface area contributed by atoms with E-state index in [1.807, 2.05) is 18.2 Å². The van der Waals surface area contributed by atoms with E-state index in [1.165, 1.54) is 6.92 Å².